The zero-order valence-corrected chi connectivity index (χ0v) is 21.1. The summed E-state index contributed by atoms with van der Waals surface area (Å²) in [5.41, 5.74) is 0. The van der Waals surface area contributed by atoms with Crippen molar-refractivity contribution < 1.29 is 32.0 Å². The minimum atomic E-state index is -4.75. The minimum absolute atomic E-state index is 0. The van der Waals surface area contributed by atoms with Gasteiger partial charge in [0.2, 0.25) is 0 Å². The SMILES string of the molecule is CCCCCCCCCCOC(=O)CC(C(=O)OCCCCCCCCCC)S(=O)(=O)O.[KH]. The molecule has 7 nitrogen and oxygen atoms in total. The summed E-state index contributed by atoms with van der Waals surface area (Å²) in [6, 6.07) is 0. The number of rotatable bonds is 22. The number of carbonyl (C=O) groups excluding carboxylic acids is 2. The number of unbranched alkanes of at least 4 members (excludes halogenated alkanes) is 14. The second-order valence-corrected chi connectivity index (χ2v) is 10.1. The van der Waals surface area contributed by atoms with Crippen LogP contribution in [0.4, 0.5) is 0 Å². The third-order valence-corrected chi connectivity index (χ3v) is 6.56. The van der Waals surface area contributed by atoms with Crippen LogP contribution in [0.2, 0.25) is 0 Å². The molecule has 1 N–H and O–H groups in total. The van der Waals surface area contributed by atoms with Crippen LogP contribution >= 0.6 is 0 Å². The van der Waals surface area contributed by atoms with Gasteiger partial charge in [0.25, 0.3) is 10.1 Å². The molecule has 9 heteroatoms. The number of carbonyl (C=O) groups is 2. The molecule has 0 aromatic rings. The normalized spacial score (nSPS) is 12.1. The fourth-order valence-corrected chi connectivity index (χ4v) is 4.10. The topological polar surface area (TPSA) is 107 Å². The summed E-state index contributed by atoms with van der Waals surface area (Å²) in [6.45, 7) is 4.61. The van der Waals surface area contributed by atoms with Gasteiger partial charge in [-0.2, -0.15) is 8.42 Å². The first-order valence-electron chi connectivity index (χ1n) is 12.6. The van der Waals surface area contributed by atoms with Crippen molar-refractivity contribution in [2.24, 2.45) is 0 Å². The Balaban J connectivity index is 0. The predicted octanol–water partition coefficient (Wildman–Crippen LogP) is 5.35. The van der Waals surface area contributed by atoms with Crippen LogP contribution in [0, 0.1) is 0 Å². The number of hydrogen-bond acceptors (Lipinski definition) is 6. The molecule has 0 amide bonds. The molecule has 0 saturated carbocycles. The second-order valence-electron chi connectivity index (χ2n) is 8.55. The average molecular weight is 519 g/mol. The van der Waals surface area contributed by atoms with E-state index in [0.29, 0.717) is 12.8 Å². The van der Waals surface area contributed by atoms with Gasteiger partial charge in [0.05, 0.1) is 19.6 Å². The Bertz CT molecular complexity index is 581. The molecule has 0 spiro atoms. The third-order valence-electron chi connectivity index (χ3n) is 5.48. The van der Waals surface area contributed by atoms with Gasteiger partial charge in [-0.05, 0) is 12.8 Å². The number of esters is 2. The van der Waals surface area contributed by atoms with Crippen molar-refractivity contribution in [3.63, 3.8) is 0 Å². The Hall–Kier alpha value is 0.486. The monoisotopic (exact) mass is 518 g/mol. The van der Waals surface area contributed by atoms with Crippen LogP contribution in [0.15, 0.2) is 0 Å². The molecule has 0 aliphatic rings. The van der Waals surface area contributed by atoms with E-state index in [9.17, 15) is 22.6 Å². The van der Waals surface area contributed by atoms with Gasteiger partial charge in [-0.1, -0.05) is 104 Å². The van der Waals surface area contributed by atoms with Gasteiger partial charge in [0.15, 0.2) is 5.25 Å². The molecular weight excluding hydrogens is 471 g/mol. The van der Waals surface area contributed by atoms with Gasteiger partial charge in [0, 0.05) is 0 Å². The molecule has 1 unspecified atom stereocenters. The van der Waals surface area contributed by atoms with Crippen LogP contribution in [0.5, 0.6) is 0 Å². The van der Waals surface area contributed by atoms with Gasteiger partial charge < -0.3 is 9.47 Å². The Morgan fingerprint density at radius 3 is 1.42 bits per heavy atom. The number of hydrogen-bond donors (Lipinski definition) is 1. The first kappa shape index (κ1) is 35.6. The molecular formula is C24H47KO7S. The van der Waals surface area contributed by atoms with Gasteiger partial charge in [-0.15, -0.1) is 0 Å². The van der Waals surface area contributed by atoms with Crippen LogP contribution in [0.25, 0.3) is 0 Å². The zero-order chi connectivity index (χ0) is 24.1. The van der Waals surface area contributed by atoms with Crippen LogP contribution in [-0.2, 0) is 29.2 Å². The summed E-state index contributed by atoms with van der Waals surface area (Å²) in [7, 11) is -4.75. The van der Waals surface area contributed by atoms with Crippen molar-refractivity contribution in [2.45, 2.75) is 128 Å². The first-order valence-corrected chi connectivity index (χ1v) is 14.1. The van der Waals surface area contributed by atoms with Crippen LogP contribution in [0.3, 0.4) is 0 Å². The summed E-state index contributed by atoms with van der Waals surface area (Å²) < 4.78 is 42.4. The van der Waals surface area contributed by atoms with E-state index in [4.69, 9.17) is 9.47 Å². The van der Waals surface area contributed by atoms with Crippen molar-refractivity contribution in [3.05, 3.63) is 0 Å². The molecule has 0 bridgehead atoms. The molecule has 0 saturated heterocycles. The van der Waals surface area contributed by atoms with Crippen molar-refractivity contribution in [3.8, 4) is 0 Å². The van der Waals surface area contributed by atoms with E-state index in [2.05, 4.69) is 13.8 Å². The van der Waals surface area contributed by atoms with Crippen molar-refractivity contribution in [1.82, 2.24) is 0 Å². The van der Waals surface area contributed by atoms with E-state index in [1.165, 1.54) is 51.4 Å². The second kappa shape index (κ2) is 24.2. The number of ether oxygens (including phenoxy) is 2. The van der Waals surface area contributed by atoms with Gasteiger partial charge >= 0.3 is 63.3 Å². The van der Waals surface area contributed by atoms with Crippen molar-refractivity contribution in [1.29, 1.82) is 0 Å². The summed E-state index contributed by atoms with van der Waals surface area (Å²) in [5.74, 6) is -1.92. The average Bonchev–Trinajstić information content (AvgIpc) is 2.74. The van der Waals surface area contributed by atoms with Crippen LogP contribution in [0.1, 0.15) is 123 Å². The van der Waals surface area contributed by atoms with Gasteiger partial charge in [-0.3, -0.25) is 14.1 Å². The van der Waals surface area contributed by atoms with Crippen LogP contribution < -0.4 is 0 Å². The molecule has 0 aromatic carbocycles. The van der Waals surface area contributed by atoms with E-state index in [0.717, 1.165) is 38.5 Å². The summed E-state index contributed by atoms with van der Waals surface area (Å²) in [4.78, 5) is 24.0. The molecule has 0 radical (unpaired) electrons. The summed E-state index contributed by atoms with van der Waals surface area (Å²) in [6.07, 6.45) is 16.6. The summed E-state index contributed by atoms with van der Waals surface area (Å²) in [5, 5.41) is -1.93. The maximum absolute atomic E-state index is 12.1. The predicted molar refractivity (Wildman–Crippen MR) is 134 cm³/mol. The molecule has 0 fully saturated rings. The molecule has 0 heterocycles. The van der Waals surface area contributed by atoms with Crippen molar-refractivity contribution >= 4 is 73.4 Å². The molecule has 0 aromatic heterocycles. The summed E-state index contributed by atoms with van der Waals surface area (Å²) >= 11 is 0. The fourth-order valence-electron chi connectivity index (χ4n) is 3.44. The van der Waals surface area contributed by atoms with E-state index in [1.54, 1.807) is 0 Å². The van der Waals surface area contributed by atoms with Crippen molar-refractivity contribution in [2.75, 3.05) is 13.2 Å². The molecule has 192 valence electrons. The molecule has 0 aliphatic carbocycles. The van der Waals surface area contributed by atoms with E-state index >= 15 is 0 Å². The molecule has 33 heavy (non-hydrogen) atoms. The molecule has 0 rings (SSSR count). The Morgan fingerprint density at radius 2 is 1.03 bits per heavy atom. The van der Waals surface area contributed by atoms with Crippen LogP contribution in [-0.4, -0.2) is 94.8 Å². The third kappa shape index (κ3) is 22.7. The fraction of sp³-hybridized carbons (Fsp3) is 0.917. The zero-order valence-electron chi connectivity index (χ0n) is 20.3. The Morgan fingerprint density at radius 1 is 0.667 bits per heavy atom. The molecule has 0 aliphatic heterocycles. The quantitative estimate of drug-likeness (QED) is 0.0890. The van der Waals surface area contributed by atoms with E-state index < -0.39 is 33.7 Å². The Kier molecular flexibility index (Phi) is 26.1. The first-order chi connectivity index (χ1) is 15.3. The van der Waals surface area contributed by atoms with Gasteiger partial charge in [0.1, 0.15) is 0 Å². The molecule has 1 atom stereocenters. The maximum atomic E-state index is 12.1. The standard InChI is InChI=1S/C24H46O7S.K.H/c1-3-5-7-9-11-13-15-17-19-30-23(25)21-22(32(27,28)29)24(26)31-20-18-16-14-12-10-8-6-4-2;;/h22H,3-21H2,1-2H3,(H,27,28,29);;. The van der Waals surface area contributed by atoms with Gasteiger partial charge in [-0.25, -0.2) is 0 Å². The Labute approximate surface area is 244 Å². The van der Waals surface area contributed by atoms with E-state index in [-0.39, 0.29) is 64.6 Å². The van der Waals surface area contributed by atoms with E-state index in [1.807, 2.05) is 0 Å².